The minimum absolute atomic E-state index is 0.0214. The molecular weight excluding hydrogens is 367 g/mol. The summed E-state index contributed by atoms with van der Waals surface area (Å²) in [5.74, 6) is -0.893. The first kappa shape index (κ1) is 19.1. The van der Waals surface area contributed by atoms with Gasteiger partial charge in [0.05, 0.1) is 15.5 Å². The third-order valence-electron chi connectivity index (χ3n) is 4.00. The van der Waals surface area contributed by atoms with Gasteiger partial charge in [-0.15, -0.1) is 0 Å². The average Bonchev–Trinajstić information content (AvgIpc) is 3.26. The predicted octanol–water partition coefficient (Wildman–Crippen LogP) is 3.55. The molecule has 1 aromatic rings. The van der Waals surface area contributed by atoms with Crippen LogP contribution in [0.4, 0.5) is 13.2 Å². The first-order valence-electron chi connectivity index (χ1n) is 7.27. The van der Waals surface area contributed by atoms with Crippen LogP contribution in [-0.2, 0) is 9.84 Å². The van der Waals surface area contributed by atoms with Gasteiger partial charge in [-0.05, 0) is 43.9 Å². The van der Waals surface area contributed by atoms with Crippen molar-refractivity contribution in [3.05, 3.63) is 28.8 Å². The van der Waals surface area contributed by atoms with Gasteiger partial charge in [0.2, 0.25) is 0 Å². The Morgan fingerprint density at radius 2 is 1.96 bits per heavy atom. The standard InChI is InChI=1S/C15H17ClF3NO3S/c1-9(10-3-4-10)20(8-15(17,18)19)14(21)12-7-11(24(2,22)23)5-6-13(12)16/h5-7,9-10H,3-4,8H2,1-2H3/t9-/m0/s1. The second kappa shape index (κ2) is 6.55. The van der Waals surface area contributed by atoms with Crippen molar-refractivity contribution < 1.29 is 26.4 Å². The third-order valence-corrected chi connectivity index (χ3v) is 5.44. The largest absolute Gasteiger partial charge is 0.406 e. The summed E-state index contributed by atoms with van der Waals surface area (Å²) >= 11 is 5.93. The van der Waals surface area contributed by atoms with Gasteiger partial charge in [0.1, 0.15) is 6.54 Å². The van der Waals surface area contributed by atoms with E-state index in [0.717, 1.165) is 30.1 Å². The highest BCUT2D eigenvalue weighted by molar-refractivity contribution is 7.90. The monoisotopic (exact) mass is 383 g/mol. The number of rotatable bonds is 5. The van der Waals surface area contributed by atoms with Gasteiger partial charge in [0.25, 0.3) is 5.91 Å². The summed E-state index contributed by atoms with van der Waals surface area (Å²) in [6.45, 7) is 0.165. The SMILES string of the molecule is C[C@@H](C1CC1)N(CC(F)(F)F)C(=O)c1cc(S(C)(=O)=O)ccc1Cl. The van der Waals surface area contributed by atoms with Crippen LogP contribution in [0.15, 0.2) is 23.1 Å². The lowest BCUT2D eigenvalue weighted by atomic mass is 10.1. The van der Waals surface area contributed by atoms with Crippen molar-refractivity contribution in [1.82, 2.24) is 4.90 Å². The van der Waals surface area contributed by atoms with Gasteiger partial charge in [0, 0.05) is 12.3 Å². The number of sulfone groups is 1. The van der Waals surface area contributed by atoms with E-state index in [1.807, 2.05) is 0 Å². The summed E-state index contributed by atoms with van der Waals surface area (Å²) in [7, 11) is -3.61. The second-order valence-electron chi connectivity index (χ2n) is 6.04. The fourth-order valence-electron chi connectivity index (χ4n) is 2.48. The maximum atomic E-state index is 12.9. The second-order valence-corrected chi connectivity index (χ2v) is 8.46. The molecule has 2 rings (SSSR count). The van der Waals surface area contributed by atoms with E-state index in [2.05, 4.69) is 0 Å². The van der Waals surface area contributed by atoms with Crippen molar-refractivity contribution in [2.45, 2.75) is 36.9 Å². The molecule has 134 valence electrons. The number of carbonyl (C=O) groups is 1. The molecule has 24 heavy (non-hydrogen) atoms. The Kier molecular flexibility index (Phi) is 5.20. The highest BCUT2D eigenvalue weighted by Crippen LogP contribution is 2.37. The van der Waals surface area contributed by atoms with Crippen molar-refractivity contribution in [2.75, 3.05) is 12.8 Å². The number of hydrogen-bond donors (Lipinski definition) is 0. The van der Waals surface area contributed by atoms with E-state index in [0.29, 0.717) is 0 Å². The van der Waals surface area contributed by atoms with Gasteiger partial charge in [-0.1, -0.05) is 11.6 Å². The Bertz CT molecular complexity index is 745. The van der Waals surface area contributed by atoms with Gasteiger partial charge in [-0.25, -0.2) is 8.42 Å². The van der Waals surface area contributed by atoms with E-state index in [1.54, 1.807) is 6.92 Å². The van der Waals surface area contributed by atoms with Crippen LogP contribution in [0.2, 0.25) is 5.02 Å². The molecule has 1 aliphatic carbocycles. The third kappa shape index (κ3) is 4.63. The molecule has 1 fully saturated rings. The van der Waals surface area contributed by atoms with Crippen LogP contribution >= 0.6 is 11.6 Å². The Morgan fingerprint density at radius 1 is 1.38 bits per heavy atom. The van der Waals surface area contributed by atoms with Crippen LogP contribution < -0.4 is 0 Å². The Hall–Kier alpha value is -1.28. The molecule has 0 radical (unpaired) electrons. The smallest absolute Gasteiger partial charge is 0.327 e. The molecule has 1 aromatic carbocycles. The van der Waals surface area contributed by atoms with E-state index in [4.69, 9.17) is 11.6 Å². The van der Waals surface area contributed by atoms with Crippen molar-refractivity contribution in [3.63, 3.8) is 0 Å². The molecule has 0 N–H and O–H groups in total. The topological polar surface area (TPSA) is 54.5 Å². The average molecular weight is 384 g/mol. The lowest BCUT2D eigenvalue weighted by Gasteiger charge is -2.30. The lowest BCUT2D eigenvalue weighted by Crippen LogP contribution is -2.45. The molecule has 0 bridgehead atoms. The molecule has 1 amide bonds. The normalized spacial score (nSPS) is 16.8. The zero-order valence-electron chi connectivity index (χ0n) is 13.1. The number of benzene rings is 1. The Balaban J connectivity index is 2.41. The molecule has 0 heterocycles. The molecule has 1 atom stereocenters. The summed E-state index contributed by atoms with van der Waals surface area (Å²) in [5, 5.41) is -0.0810. The van der Waals surface area contributed by atoms with Crippen LogP contribution in [0, 0.1) is 5.92 Å². The van der Waals surface area contributed by atoms with E-state index in [9.17, 15) is 26.4 Å². The van der Waals surface area contributed by atoms with Crippen LogP contribution in [0.3, 0.4) is 0 Å². The number of amides is 1. The van der Waals surface area contributed by atoms with Crippen molar-refractivity contribution in [1.29, 1.82) is 0 Å². The molecule has 0 saturated heterocycles. The van der Waals surface area contributed by atoms with E-state index < -0.39 is 34.5 Å². The van der Waals surface area contributed by atoms with E-state index in [-0.39, 0.29) is 21.4 Å². The van der Waals surface area contributed by atoms with Gasteiger partial charge in [-0.3, -0.25) is 4.79 Å². The Labute approximate surface area is 143 Å². The molecule has 1 saturated carbocycles. The minimum Gasteiger partial charge on any atom is -0.327 e. The maximum absolute atomic E-state index is 12.9. The fraction of sp³-hybridized carbons (Fsp3) is 0.533. The van der Waals surface area contributed by atoms with Crippen LogP contribution in [0.1, 0.15) is 30.1 Å². The van der Waals surface area contributed by atoms with Crippen molar-refractivity contribution in [2.24, 2.45) is 5.92 Å². The molecule has 0 aromatic heterocycles. The molecule has 0 spiro atoms. The number of nitrogens with zero attached hydrogens (tertiary/aromatic N) is 1. The molecule has 0 aliphatic heterocycles. The van der Waals surface area contributed by atoms with Crippen molar-refractivity contribution >= 4 is 27.3 Å². The Morgan fingerprint density at radius 3 is 2.42 bits per heavy atom. The molecule has 1 aliphatic rings. The summed E-state index contributed by atoms with van der Waals surface area (Å²) in [5.41, 5.74) is -0.239. The van der Waals surface area contributed by atoms with E-state index in [1.165, 1.54) is 12.1 Å². The summed E-state index contributed by atoms with van der Waals surface area (Å²) in [6.07, 6.45) is -2.08. The number of alkyl halides is 3. The quantitative estimate of drug-likeness (QED) is 0.781. The predicted molar refractivity (Wildman–Crippen MR) is 83.8 cm³/mol. The lowest BCUT2D eigenvalue weighted by molar-refractivity contribution is -0.144. The highest BCUT2D eigenvalue weighted by Gasteiger charge is 2.41. The summed E-state index contributed by atoms with van der Waals surface area (Å²) in [4.78, 5) is 13.2. The maximum Gasteiger partial charge on any atom is 0.406 e. The first-order valence-corrected chi connectivity index (χ1v) is 9.54. The van der Waals surface area contributed by atoms with Gasteiger partial charge in [0.15, 0.2) is 9.84 Å². The van der Waals surface area contributed by atoms with Crippen molar-refractivity contribution in [3.8, 4) is 0 Å². The molecule has 0 unspecified atom stereocenters. The summed E-state index contributed by atoms with van der Waals surface area (Å²) in [6, 6.07) is 2.85. The fourth-order valence-corrected chi connectivity index (χ4v) is 3.33. The van der Waals surface area contributed by atoms with Crippen LogP contribution in [0.5, 0.6) is 0 Å². The van der Waals surface area contributed by atoms with Gasteiger partial charge >= 0.3 is 6.18 Å². The van der Waals surface area contributed by atoms with Crippen LogP contribution in [-0.4, -0.2) is 44.2 Å². The molecular formula is C15H17ClF3NO3S. The van der Waals surface area contributed by atoms with E-state index >= 15 is 0 Å². The number of halogens is 4. The summed E-state index contributed by atoms with van der Waals surface area (Å²) < 4.78 is 61.9. The number of carbonyl (C=O) groups excluding carboxylic acids is 1. The zero-order chi connectivity index (χ0) is 18.3. The van der Waals surface area contributed by atoms with Crippen LogP contribution in [0.25, 0.3) is 0 Å². The molecule has 9 heteroatoms. The molecule has 4 nitrogen and oxygen atoms in total. The minimum atomic E-state index is -4.56. The first-order chi connectivity index (χ1) is 10.9. The highest BCUT2D eigenvalue weighted by atomic mass is 35.5. The van der Waals surface area contributed by atoms with Gasteiger partial charge in [-0.2, -0.15) is 13.2 Å². The zero-order valence-corrected chi connectivity index (χ0v) is 14.7. The van der Waals surface area contributed by atoms with Gasteiger partial charge < -0.3 is 4.90 Å². The number of hydrogen-bond acceptors (Lipinski definition) is 3.